The van der Waals surface area contributed by atoms with Gasteiger partial charge in [-0.1, -0.05) is 30.9 Å². The van der Waals surface area contributed by atoms with Gasteiger partial charge in [0.05, 0.1) is 21.7 Å². The van der Waals surface area contributed by atoms with Crippen molar-refractivity contribution < 1.29 is 4.79 Å². The topological polar surface area (TPSA) is 83.9 Å². The van der Waals surface area contributed by atoms with Gasteiger partial charge in [0.15, 0.2) is 5.65 Å². The molecule has 0 aliphatic heterocycles. The molecule has 1 saturated carbocycles. The first-order valence-electron chi connectivity index (χ1n) is 10.8. The zero-order chi connectivity index (χ0) is 20.6. The minimum atomic E-state index is -0.183. The zero-order valence-electron chi connectivity index (χ0n) is 17.6. The van der Waals surface area contributed by atoms with E-state index in [-0.39, 0.29) is 5.91 Å². The van der Waals surface area contributed by atoms with Crippen LogP contribution in [0.3, 0.4) is 0 Å². The average molecular weight is 421 g/mol. The number of rotatable bonds is 10. The van der Waals surface area contributed by atoms with Crippen LogP contribution in [0.2, 0.25) is 5.02 Å². The summed E-state index contributed by atoms with van der Waals surface area (Å²) in [5.41, 5.74) is 1.87. The second-order valence-corrected chi connectivity index (χ2v) is 8.27. The van der Waals surface area contributed by atoms with E-state index in [0.717, 1.165) is 49.6 Å². The fourth-order valence-corrected chi connectivity index (χ4v) is 4.35. The smallest absolute Gasteiger partial charge is 0.254 e. The second kappa shape index (κ2) is 10.9. The van der Waals surface area contributed by atoms with Gasteiger partial charge in [-0.25, -0.2) is 4.98 Å². The van der Waals surface area contributed by atoms with E-state index in [1.165, 1.54) is 38.3 Å². The number of unbranched alkanes of at least 4 members (excludes halogenated alkanes) is 1. The van der Waals surface area contributed by atoms with Gasteiger partial charge >= 0.3 is 0 Å². The summed E-state index contributed by atoms with van der Waals surface area (Å²) in [5, 5.41) is 15.5. The number of carbonyl (C=O) groups is 1. The molecule has 0 atom stereocenters. The number of carbonyl (C=O) groups excluding carboxylic acids is 1. The Balaban J connectivity index is 1.31. The molecule has 8 heteroatoms. The molecule has 1 aliphatic carbocycles. The third kappa shape index (κ3) is 5.90. The van der Waals surface area contributed by atoms with Gasteiger partial charge < -0.3 is 16.0 Å². The second-order valence-electron chi connectivity index (χ2n) is 7.90. The van der Waals surface area contributed by atoms with Gasteiger partial charge in [0.1, 0.15) is 0 Å². The Labute approximate surface area is 178 Å². The molecule has 2 aromatic rings. The number of aryl methyl sites for hydroxylation is 2. The van der Waals surface area contributed by atoms with Gasteiger partial charge in [0, 0.05) is 38.9 Å². The Morgan fingerprint density at radius 3 is 2.72 bits per heavy atom. The number of nitrogens with zero attached hydrogens (tertiary/aromatic N) is 3. The number of fused-ring (bicyclic) bond motifs is 1. The van der Waals surface area contributed by atoms with Crippen molar-refractivity contribution in [3.8, 4) is 0 Å². The van der Waals surface area contributed by atoms with Gasteiger partial charge in [0.25, 0.3) is 5.91 Å². The van der Waals surface area contributed by atoms with Crippen molar-refractivity contribution in [1.29, 1.82) is 0 Å². The monoisotopic (exact) mass is 420 g/mol. The summed E-state index contributed by atoms with van der Waals surface area (Å²) in [7, 11) is 1.82. The van der Waals surface area contributed by atoms with Crippen molar-refractivity contribution >= 4 is 28.5 Å². The quantitative estimate of drug-likeness (QED) is 0.514. The van der Waals surface area contributed by atoms with Crippen LogP contribution in [0.25, 0.3) is 11.0 Å². The van der Waals surface area contributed by atoms with Crippen LogP contribution in [0.4, 0.5) is 0 Å². The average Bonchev–Trinajstić information content (AvgIpc) is 3.02. The molecule has 0 aromatic carbocycles. The maximum Gasteiger partial charge on any atom is 0.254 e. The van der Waals surface area contributed by atoms with Gasteiger partial charge in [-0.05, 0) is 39.2 Å². The Morgan fingerprint density at radius 2 is 1.93 bits per heavy atom. The molecule has 0 saturated heterocycles. The lowest BCUT2D eigenvalue weighted by Crippen LogP contribution is -2.36. The van der Waals surface area contributed by atoms with E-state index >= 15 is 0 Å². The number of hydrogen-bond acceptors (Lipinski definition) is 5. The Kier molecular flexibility index (Phi) is 8.27. The molecule has 0 unspecified atom stereocenters. The highest BCUT2D eigenvalue weighted by molar-refractivity contribution is 6.38. The predicted molar refractivity (Wildman–Crippen MR) is 118 cm³/mol. The van der Waals surface area contributed by atoms with Crippen LogP contribution in [-0.2, 0) is 7.05 Å². The molecular formula is C21H33ClN6O. The van der Waals surface area contributed by atoms with Gasteiger partial charge in [-0.15, -0.1) is 0 Å². The summed E-state index contributed by atoms with van der Waals surface area (Å²) in [5.74, 6) is -0.183. The molecule has 0 radical (unpaired) electrons. The first-order chi connectivity index (χ1) is 14.1. The third-order valence-electron chi connectivity index (χ3n) is 5.61. The molecule has 1 amide bonds. The number of nitrogens with one attached hydrogen (secondary N) is 3. The Hall–Kier alpha value is -1.70. The molecule has 0 spiro atoms. The summed E-state index contributed by atoms with van der Waals surface area (Å²) in [6, 6.07) is 0.719. The molecular weight excluding hydrogens is 388 g/mol. The summed E-state index contributed by atoms with van der Waals surface area (Å²) >= 11 is 6.45. The van der Waals surface area contributed by atoms with E-state index in [4.69, 9.17) is 11.6 Å². The first kappa shape index (κ1) is 22.0. The first-order valence-corrected chi connectivity index (χ1v) is 11.2. The lowest BCUT2D eigenvalue weighted by Gasteiger charge is -2.22. The van der Waals surface area contributed by atoms with Gasteiger partial charge in [-0.2, -0.15) is 5.10 Å². The van der Waals surface area contributed by atoms with Crippen LogP contribution in [-0.4, -0.2) is 52.9 Å². The van der Waals surface area contributed by atoms with Crippen molar-refractivity contribution in [3.63, 3.8) is 0 Å². The van der Waals surface area contributed by atoms with Crippen molar-refractivity contribution in [2.45, 2.75) is 57.9 Å². The fourth-order valence-electron chi connectivity index (χ4n) is 3.99. The van der Waals surface area contributed by atoms with Gasteiger partial charge in [-0.3, -0.25) is 9.48 Å². The van der Waals surface area contributed by atoms with E-state index in [1.54, 1.807) is 4.68 Å². The zero-order valence-corrected chi connectivity index (χ0v) is 18.3. The highest BCUT2D eigenvalue weighted by Crippen LogP contribution is 2.27. The summed E-state index contributed by atoms with van der Waals surface area (Å²) in [6.45, 7) is 5.49. The van der Waals surface area contributed by atoms with E-state index in [1.807, 2.05) is 14.0 Å². The van der Waals surface area contributed by atoms with Crippen molar-refractivity contribution in [1.82, 2.24) is 30.7 Å². The highest BCUT2D eigenvalue weighted by Gasteiger charge is 2.18. The van der Waals surface area contributed by atoms with Crippen molar-refractivity contribution in [2.75, 3.05) is 26.2 Å². The highest BCUT2D eigenvalue weighted by atomic mass is 35.5. The normalized spacial score (nSPS) is 15.1. The van der Waals surface area contributed by atoms with Crippen LogP contribution in [0.15, 0.2) is 6.20 Å². The van der Waals surface area contributed by atoms with E-state index in [0.29, 0.717) is 22.8 Å². The lowest BCUT2D eigenvalue weighted by atomic mass is 9.95. The van der Waals surface area contributed by atoms with Crippen LogP contribution in [0.5, 0.6) is 0 Å². The molecule has 2 heterocycles. The predicted octanol–water partition coefficient (Wildman–Crippen LogP) is 2.95. The van der Waals surface area contributed by atoms with Crippen molar-refractivity contribution in [3.05, 3.63) is 22.5 Å². The fraction of sp³-hybridized carbons (Fsp3) is 0.667. The maximum atomic E-state index is 12.5. The molecule has 1 fully saturated rings. The summed E-state index contributed by atoms with van der Waals surface area (Å²) in [6.07, 6.45) is 10.3. The molecule has 3 rings (SSSR count). The third-order valence-corrected chi connectivity index (χ3v) is 6.01. The minimum absolute atomic E-state index is 0.183. The maximum absolute atomic E-state index is 12.5. The van der Waals surface area contributed by atoms with E-state index < -0.39 is 0 Å². The number of hydrogen-bond donors (Lipinski definition) is 3. The number of amides is 1. The number of halogens is 1. The molecule has 1 aliphatic rings. The Bertz CT molecular complexity index is 815. The van der Waals surface area contributed by atoms with Crippen LogP contribution >= 0.6 is 11.6 Å². The van der Waals surface area contributed by atoms with Crippen LogP contribution in [0, 0.1) is 6.92 Å². The van der Waals surface area contributed by atoms with Crippen molar-refractivity contribution in [2.24, 2.45) is 7.05 Å². The molecule has 3 N–H and O–H groups in total. The molecule has 29 heavy (non-hydrogen) atoms. The standard InChI is InChI=1S/C21H33ClN6O/c1-15-18-19(22)17(14-26-20(18)28(2)27-15)21(29)25-11-7-6-10-23-12-13-24-16-8-4-3-5-9-16/h14,16,23-24H,3-13H2,1-2H3,(H,25,29). The van der Waals surface area contributed by atoms with Crippen LogP contribution in [0.1, 0.15) is 61.0 Å². The van der Waals surface area contributed by atoms with E-state index in [2.05, 4.69) is 26.0 Å². The number of aromatic nitrogens is 3. The minimum Gasteiger partial charge on any atom is -0.352 e. The van der Waals surface area contributed by atoms with Gasteiger partial charge in [0.2, 0.25) is 0 Å². The summed E-state index contributed by atoms with van der Waals surface area (Å²) in [4.78, 5) is 16.8. The lowest BCUT2D eigenvalue weighted by molar-refractivity contribution is 0.0953. The van der Waals surface area contributed by atoms with Crippen LogP contribution < -0.4 is 16.0 Å². The largest absolute Gasteiger partial charge is 0.352 e. The number of pyridine rings is 1. The summed E-state index contributed by atoms with van der Waals surface area (Å²) < 4.78 is 1.68. The molecule has 2 aromatic heterocycles. The SMILES string of the molecule is Cc1nn(C)c2ncc(C(=O)NCCCCNCCNC3CCCCC3)c(Cl)c12. The van der Waals surface area contributed by atoms with E-state index in [9.17, 15) is 4.79 Å². The Morgan fingerprint density at radius 1 is 1.17 bits per heavy atom. The molecule has 160 valence electrons. The molecule has 0 bridgehead atoms. The molecule has 7 nitrogen and oxygen atoms in total.